The molecule has 1 aliphatic heterocycles. The average molecular weight is 454 g/mol. The Kier molecular flexibility index (Phi) is 6.11. The summed E-state index contributed by atoms with van der Waals surface area (Å²) < 4.78 is 13.2. The summed E-state index contributed by atoms with van der Waals surface area (Å²) in [5.41, 5.74) is 6.43. The lowest BCUT2D eigenvalue weighted by molar-refractivity contribution is -0.384. The molecule has 0 aliphatic carbocycles. The Morgan fingerprint density at radius 1 is 0.818 bits per heavy atom. The van der Waals surface area contributed by atoms with Gasteiger partial charge >= 0.3 is 5.69 Å². The first kappa shape index (κ1) is 21.7. The molecule has 1 saturated heterocycles. The fourth-order valence-corrected chi connectivity index (χ4v) is 3.49. The topological polar surface area (TPSA) is 143 Å². The first-order valence-electron chi connectivity index (χ1n) is 9.93. The predicted octanol–water partition coefficient (Wildman–Crippen LogP) is 3.20. The lowest BCUT2D eigenvalue weighted by Gasteiger charge is -2.36. The number of nitro groups is 2. The van der Waals surface area contributed by atoms with Crippen molar-refractivity contribution in [3.05, 3.63) is 80.9 Å². The van der Waals surface area contributed by atoms with Crippen molar-refractivity contribution in [3.63, 3.8) is 0 Å². The Bertz CT molecular complexity index is 1150. The average Bonchev–Trinajstić information content (AvgIpc) is 2.83. The van der Waals surface area contributed by atoms with Gasteiger partial charge < -0.3 is 9.80 Å². The molecular weight excluding hydrogens is 435 g/mol. The molecular formula is C20H19FN8O4. The molecule has 3 aromatic rings. The molecule has 170 valence electrons. The maximum Gasteiger partial charge on any atom is 0.355 e. The number of nitrogens with one attached hydrogen (secondary N) is 2. The van der Waals surface area contributed by atoms with E-state index in [-0.39, 0.29) is 28.8 Å². The van der Waals surface area contributed by atoms with Gasteiger partial charge in [-0.25, -0.2) is 14.4 Å². The van der Waals surface area contributed by atoms with Crippen LogP contribution in [-0.2, 0) is 0 Å². The highest BCUT2D eigenvalue weighted by molar-refractivity contribution is 5.72. The maximum absolute atomic E-state index is 13.2. The number of nitro benzene ring substituents is 1. The molecule has 0 saturated carbocycles. The second kappa shape index (κ2) is 9.30. The molecule has 0 unspecified atom stereocenters. The first-order chi connectivity index (χ1) is 15.9. The number of benzene rings is 2. The summed E-state index contributed by atoms with van der Waals surface area (Å²) in [7, 11) is 0. The van der Waals surface area contributed by atoms with Crippen molar-refractivity contribution in [2.75, 3.05) is 46.8 Å². The van der Waals surface area contributed by atoms with Crippen LogP contribution in [0.5, 0.6) is 0 Å². The summed E-state index contributed by atoms with van der Waals surface area (Å²) in [6.07, 6.45) is 1.23. The lowest BCUT2D eigenvalue weighted by atomic mass is 10.2. The molecule has 2 aromatic carbocycles. The summed E-state index contributed by atoms with van der Waals surface area (Å²) in [5, 5.41) is 22.6. The number of hydrogen-bond acceptors (Lipinski definition) is 10. The second-order valence-electron chi connectivity index (χ2n) is 7.16. The van der Waals surface area contributed by atoms with Gasteiger partial charge in [0.1, 0.15) is 12.1 Å². The number of non-ortho nitro benzene ring substituents is 1. The standard InChI is InChI=1S/C20H19FN8O4/c21-14-1-5-16(6-2-14)26-9-11-27(12-10-26)20-18(29(32)33)19(22-13-23-20)25-24-15-3-7-17(8-4-15)28(30)31/h1-8,13,24H,9-12H2,(H,22,23,25). The van der Waals surface area contributed by atoms with Crippen LogP contribution in [0.2, 0.25) is 0 Å². The third-order valence-electron chi connectivity index (χ3n) is 5.16. The van der Waals surface area contributed by atoms with Crippen LogP contribution in [0.3, 0.4) is 0 Å². The van der Waals surface area contributed by atoms with Gasteiger partial charge in [-0.3, -0.25) is 31.1 Å². The Morgan fingerprint density at radius 3 is 2.06 bits per heavy atom. The van der Waals surface area contributed by atoms with Gasteiger partial charge in [-0.15, -0.1) is 0 Å². The van der Waals surface area contributed by atoms with Crippen molar-refractivity contribution in [1.82, 2.24) is 9.97 Å². The van der Waals surface area contributed by atoms with Crippen LogP contribution in [0.1, 0.15) is 0 Å². The molecule has 4 rings (SSSR count). The highest BCUT2D eigenvalue weighted by Gasteiger charge is 2.29. The largest absolute Gasteiger partial charge is 0.368 e. The van der Waals surface area contributed by atoms with Crippen molar-refractivity contribution < 1.29 is 14.2 Å². The Labute approximate surface area is 186 Å². The van der Waals surface area contributed by atoms with Gasteiger partial charge in [0.15, 0.2) is 0 Å². The van der Waals surface area contributed by atoms with E-state index in [0.717, 1.165) is 5.69 Å². The monoisotopic (exact) mass is 454 g/mol. The van der Waals surface area contributed by atoms with E-state index in [1.165, 1.54) is 42.7 Å². The van der Waals surface area contributed by atoms with Gasteiger partial charge in [0.05, 0.1) is 15.5 Å². The fourth-order valence-electron chi connectivity index (χ4n) is 3.49. The van der Waals surface area contributed by atoms with Gasteiger partial charge in [0, 0.05) is 44.0 Å². The fraction of sp³-hybridized carbons (Fsp3) is 0.200. The molecule has 1 aliphatic rings. The minimum absolute atomic E-state index is 0.0377. The number of halogens is 1. The number of nitrogens with zero attached hydrogens (tertiary/aromatic N) is 6. The molecule has 1 aromatic heterocycles. The molecule has 0 atom stereocenters. The van der Waals surface area contributed by atoms with Gasteiger partial charge in [0.25, 0.3) is 5.69 Å². The van der Waals surface area contributed by atoms with E-state index in [9.17, 15) is 24.6 Å². The Hall–Kier alpha value is -4.55. The molecule has 0 amide bonds. The third kappa shape index (κ3) is 4.87. The number of rotatable bonds is 7. The van der Waals surface area contributed by atoms with Crippen LogP contribution in [0.15, 0.2) is 54.9 Å². The van der Waals surface area contributed by atoms with Crippen molar-refractivity contribution in [2.24, 2.45) is 0 Å². The molecule has 33 heavy (non-hydrogen) atoms. The lowest BCUT2D eigenvalue weighted by Crippen LogP contribution is -2.47. The van der Waals surface area contributed by atoms with Crippen molar-refractivity contribution >= 4 is 34.4 Å². The van der Waals surface area contributed by atoms with Crippen LogP contribution in [0.25, 0.3) is 0 Å². The first-order valence-corrected chi connectivity index (χ1v) is 9.93. The van der Waals surface area contributed by atoms with Crippen LogP contribution in [0, 0.1) is 26.0 Å². The van der Waals surface area contributed by atoms with Crippen molar-refractivity contribution in [1.29, 1.82) is 0 Å². The maximum atomic E-state index is 13.2. The van der Waals surface area contributed by atoms with E-state index in [1.54, 1.807) is 17.0 Å². The van der Waals surface area contributed by atoms with Crippen LogP contribution >= 0.6 is 0 Å². The summed E-state index contributed by atoms with van der Waals surface area (Å²) in [4.78, 5) is 33.5. The van der Waals surface area contributed by atoms with Crippen LogP contribution in [-0.4, -0.2) is 46.0 Å². The van der Waals surface area contributed by atoms with Crippen molar-refractivity contribution in [3.8, 4) is 0 Å². The van der Waals surface area contributed by atoms with E-state index in [4.69, 9.17) is 0 Å². The zero-order chi connectivity index (χ0) is 23.4. The number of anilines is 4. The van der Waals surface area contributed by atoms with Gasteiger partial charge in [0.2, 0.25) is 11.6 Å². The number of hydrazine groups is 1. The molecule has 13 heteroatoms. The number of aromatic nitrogens is 2. The number of hydrogen-bond donors (Lipinski definition) is 2. The molecule has 0 spiro atoms. The quantitative estimate of drug-likeness (QED) is 0.403. The van der Waals surface area contributed by atoms with E-state index in [2.05, 4.69) is 25.7 Å². The Balaban J connectivity index is 1.48. The molecule has 2 heterocycles. The van der Waals surface area contributed by atoms with Gasteiger partial charge in [-0.2, -0.15) is 0 Å². The van der Waals surface area contributed by atoms with E-state index < -0.39 is 9.85 Å². The smallest absolute Gasteiger partial charge is 0.355 e. The summed E-state index contributed by atoms with van der Waals surface area (Å²) in [6.45, 7) is 2.11. The predicted molar refractivity (Wildman–Crippen MR) is 120 cm³/mol. The van der Waals surface area contributed by atoms with E-state index in [0.29, 0.717) is 31.9 Å². The van der Waals surface area contributed by atoms with Gasteiger partial charge in [-0.05, 0) is 36.4 Å². The molecule has 1 fully saturated rings. The van der Waals surface area contributed by atoms with Crippen LogP contribution in [0.4, 0.5) is 38.8 Å². The molecule has 2 N–H and O–H groups in total. The third-order valence-corrected chi connectivity index (χ3v) is 5.16. The molecule has 12 nitrogen and oxygen atoms in total. The minimum atomic E-state index is -0.554. The van der Waals surface area contributed by atoms with E-state index in [1.807, 2.05) is 0 Å². The zero-order valence-electron chi connectivity index (χ0n) is 17.2. The number of piperazine rings is 1. The Morgan fingerprint density at radius 2 is 1.45 bits per heavy atom. The van der Waals surface area contributed by atoms with Crippen molar-refractivity contribution in [2.45, 2.75) is 0 Å². The summed E-state index contributed by atoms with van der Waals surface area (Å²) in [6, 6.07) is 11.7. The van der Waals surface area contributed by atoms with E-state index >= 15 is 0 Å². The molecule has 0 bridgehead atoms. The van der Waals surface area contributed by atoms with Gasteiger partial charge in [-0.1, -0.05) is 0 Å². The zero-order valence-corrected chi connectivity index (χ0v) is 17.2. The SMILES string of the molecule is O=[N+]([O-])c1ccc(NNc2ncnc(N3CCN(c4ccc(F)cc4)CC3)c2[N+](=O)[O-])cc1. The summed E-state index contributed by atoms with van der Waals surface area (Å²) in [5.74, 6) is -0.164. The molecule has 0 radical (unpaired) electrons. The minimum Gasteiger partial charge on any atom is -0.368 e. The normalized spacial score (nSPS) is 13.5. The highest BCUT2D eigenvalue weighted by Crippen LogP contribution is 2.33. The highest BCUT2D eigenvalue weighted by atomic mass is 19.1. The van der Waals surface area contributed by atoms with Crippen LogP contribution < -0.4 is 20.7 Å². The second-order valence-corrected chi connectivity index (χ2v) is 7.16. The summed E-state index contributed by atoms with van der Waals surface area (Å²) >= 11 is 0.